The molecule has 2 aliphatic heterocycles. The second-order valence-corrected chi connectivity index (χ2v) is 8.06. The first-order valence-corrected chi connectivity index (χ1v) is 9.97. The Labute approximate surface area is 160 Å². The van der Waals surface area contributed by atoms with Crippen LogP contribution in [0.5, 0.6) is 5.75 Å². The van der Waals surface area contributed by atoms with E-state index in [1.807, 2.05) is 11.4 Å². The second kappa shape index (κ2) is 6.84. The number of aromatic hydroxyl groups is 1. The molecule has 1 aromatic carbocycles. The van der Waals surface area contributed by atoms with Crippen molar-refractivity contribution in [1.29, 1.82) is 0 Å². The Bertz CT molecular complexity index is 925. The topological polar surface area (TPSA) is 104 Å². The molecule has 0 aliphatic carbocycles. The first-order chi connectivity index (χ1) is 13.0. The lowest BCUT2D eigenvalue weighted by Gasteiger charge is -2.34. The van der Waals surface area contributed by atoms with E-state index in [9.17, 15) is 19.5 Å². The van der Waals surface area contributed by atoms with Gasteiger partial charge in [0, 0.05) is 28.7 Å². The van der Waals surface area contributed by atoms with Crippen molar-refractivity contribution >= 4 is 39.1 Å². The molecule has 3 amide bonds. The van der Waals surface area contributed by atoms with Gasteiger partial charge in [-0.25, -0.2) is 0 Å². The molecule has 7 nitrogen and oxygen atoms in total. The van der Waals surface area contributed by atoms with Gasteiger partial charge in [-0.1, -0.05) is 0 Å². The number of carbonyl (C=O) groups excluding carboxylic acids is 3. The van der Waals surface area contributed by atoms with Gasteiger partial charge in [0.25, 0.3) is 5.91 Å². The first kappa shape index (κ1) is 17.8. The van der Waals surface area contributed by atoms with Crippen molar-refractivity contribution in [3.8, 4) is 5.75 Å². The molecule has 1 aromatic heterocycles. The number of benzene rings is 1. The van der Waals surface area contributed by atoms with Gasteiger partial charge < -0.3 is 20.6 Å². The quantitative estimate of drug-likeness (QED) is 0.765. The normalized spacial score (nSPS) is 22.5. The largest absolute Gasteiger partial charge is 0.507 e. The van der Waals surface area contributed by atoms with Gasteiger partial charge in [-0.05, 0) is 49.3 Å². The summed E-state index contributed by atoms with van der Waals surface area (Å²) in [5, 5.41) is 12.8. The Balaban J connectivity index is 1.61. The van der Waals surface area contributed by atoms with Gasteiger partial charge in [0.05, 0.1) is 12.1 Å². The van der Waals surface area contributed by atoms with Crippen LogP contribution in [0.15, 0.2) is 23.6 Å². The molecule has 2 fully saturated rings. The average Bonchev–Trinajstić information content (AvgIpc) is 3.38. The summed E-state index contributed by atoms with van der Waals surface area (Å²) in [7, 11) is 0. The molecular weight excluding hydrogens is 366 g/mol. The lowest BCUT2D eigenvalue weighted by atomic mass is 10.0. The summed E-state index contributed by atoms with van der Waals surface area (Å²) in [6.07, 6.45) is 3.18. The summed E-state index contributed by atoms with van der Waals surface area (Å²) >= 11 is 1.47. The fourth-order valence-electron chi connectivity index (χ4n) is 4.37. The number of phenolic OH excluding ortho intramolecular Hbond substituents is 1. The van der Waals surface area contributed by atoms with E-state index >= 15 is 0 Å². The van der Waals surface area contributed by atoms with Crippen molar-refractivity contribution in [1.82, 2.24) is 9.80 Å². The number of fused-ring (bicyclic) bond motifs is 1. The highest BCUT2D eigenvalue weighted by atomic mass is 32.1. The van der Waals surface area contributed by atoms with Crippen LogP contribution in [0.2, 0.25) is 0 Å². The summed E-state index contributed by atoms with van der Waals surface area (Å²) in [4.78, 5) is 40.0. The molecule has 2 aromatic rings. The smallest absolute Gasteiger partial charge is 0.311 e. The molecule has 2 atom stereocenters. The monoisotopic (exact) mass is 387 g/mol. The molecule has 3 N–H and O–H groups in total. The summed E-state index contributed by atoms with van der Waals surface area (Å²) in [6, 6.07) is 4.82. The van der Waals surface area contributed by atoms with E-state index in [2.05, 4.69) is 0 Å². The summed E-state index contributed by atoms with van der Waals surface area (Å²) < 4.78 is 0.862. The number of thiophene rings is 1. The minimum absolute atomic E-state index is 0.0965. The van der Waals surface area contributed by atoms with Crippen molar-refractivity contribution in [2.75, 3.05) is 13.1 Å². The second-order valence-electron chi connectivity index (χ2n) is 7.11. The molecule has 0 radical (unpaired) electrons. The van der Waals surface area contributed by atoms with Crippen LogP contribution in [-0.4, -0.2) is 57.8 Å². The van der Waals surface area contributed by atoms with E-state index in [1.165, 1.54) is 22.3 Å². The van der Waals surface area contributed by atoms with Crippen molar-refractivity contribution in [2.45, 2.75) is 37.8 Å². The fourth-order valence-corrected chi connectivity index (χ4v) is 5.22. The predicted octanol–water partition coefficient (Wildman–Crippen LogP) is 1.69. The zero-order valence-electron chi connectivity index (χ0n) is 14.8. The van der Waals surface area contributed by atoms with Crippen LogP contribution in [0.25, 0.3) is 10.1 Å². The zero-order chi connectivity index (χ0) is 19.1. The highest BCUT2D eigenvalue weighted by molar-refractivity contribution is 7.17. The van der Waals surface area contributed by atoms with Crippen molar-refractivity contribution in [3.63, 3.8) is 0 Å². The van der Waals surface area contributed by atoms with Crippen molar-refractivity contribution in [3.05, 3.63) is 29.1 Å². The maximum absolute atomic E-state index is 13.2. The molecule has 0 spiro atoms. The van der Waals surface area contributed by atoms with Gasteiger partial charge in [-0.3, -0.25) is 14.4 Å². The minimum atomic E-state index is -0.953. The highest BCUT2D eigenvalue weighted by Gasteiger charge is 2.42. The van der Waals surface area contributed by atoms with Gasteiger partial charge in [-0.15, -0.1) is 11.3 Å². The van der Waals surface area contributed by atoms with Crippen molar-refractivity contribution in [2.24, 2.45) is 5.73 Å². The molecule has 27 heavy (non-hydrogen) atoms. The summed E-state index contributed by atoms with van der Waals surface area (Å²) in [6.45, 7) is 1.09. The Hall–Kier alpha value is -2.61. The van der Waals surface area contributed by atoms with E-state index in [0.29, 0.717) is 18.7 Å². The number of hydrogen-bond acceptors (Lipinski definition) is 5. The minimum Gasteiger partial charge on any atom is -0.507 e. The van der Waals surface area contributed by atoms with Gasteiger partial charge in [0.15, 0.2) is 0 Å². The third kappa shape index (κ3) is 3.03. The molecule has 2 aliphatic rings. The van der Waals surface area contributed by atoms with E-state index in [1.54, 1.807) is 11.0 Å². The molecule has 0 saturated carbocycles. The van der Waals surface area contributed by atoms with Gasteiger partial charge in [0.2, 0.25) is 0 Å². The van der Waals surface area contributed by atoms with Crippen LogP contribution in [-0.2, 0) is 9.59 Å². The maximum Gasteiger partial charge on any atom is 0.311 e. The van der Waals surface area contributed by atoms with Crippen LogP contribution in [0.1, 0.15) is 36.0 Å². The predicted molar refractivity (Wildman–Crippen MR) is 101 cm³/mol. The highest BCUT2D eigenvalue weighted by Crippen LogP contribution is 2.34. The molecule has 142 valence electrons. The van der Waals surface area contributed by atoms with Crippen LogP contribution in [0.4, 0.5) is 0 Å². The molecule has 2 unspecified atom stereocenters. The van der Waals surface area contributed by atoms with Crippen LogP contribution in [0.3, 0.4) is 0 Å². The van der Waals surface area contributed by atoms with E-state index in [4.69, 9.17) is 5.73 Å². The first-order valence-electron chi connectivity index (χ1n) is 9.09. The number of phenols is 1. The number of primary amides is 1. The van der Waals surface area contributed by atoms with Crippen LogP contribution >= 0.6 is 11.3 Å². The SMILES string of the molecule is NC(=O)C(=O)N1CCCC1C1CCCN1C(=O)c1cc(O)c2ccsc2c1. The number of rotatable bonds is 2. The summed E-state index contributed by atoms with van der Waals surface area (Å²) in [5.74, 6) is -1.68. The van der Waals surface area contributed by atoms with Crippen LogP contribution < -0.4 is 5.73 Å². The number of hydrogen-bond donors (Lipinski definition) is 2. The van der Waals surface area contributed by atoms with E-state index in [0.717, 1.165) is 35.8 Å². The van der Waals surface area contributed by atoms with Gasteiger partial charge in [-0.2, -0.15) is 0 Å². The number of likely N-dealkylation sites (tertiary alicyclic amines) is 2. The van der Waals surface area contributed by atoms with Crippen molar-refractivity contribution < 1.29 is 19.5 Å². The molecule has 0 bridgehead atoms. The molecule has 4 rings (SSSR count). The Morgan fingerprint density at radius 2 is 1.74 bits per heavy atom. The van der Waals surface area contributed by atoms with Crippen LogP contribution in [0, 0.1) is 0 Å². The Kier molecular flexibility index (Phi) is 4.51. The third-order valence-electron chi connectivity index (χ3n) is 5.57. The van der Waals surface area contributed by atoms with E-state index in [-0.39, 0.29) is 23.7 Å². The summed E-state index contributed by atoms with van der Waals surface area (Å²) in [5.41, 5.74) is 5.63. The number of amides is 3. The molecule has 2 saturated heterocycles. The number of nitrogens with zero attached hydrogens (tertiary/aromatic N) is 2. The maximum atomic E-state index is 13.2. The van der Waals surface area contributed by atoms with Gasteiger partial charge >= 0.3 is 11.8 Å². The average molecular weight is 387 g/mol. The third-order valence-corrected chi connectivity index (χ3v) is 6.44. The standard InChI is InChI=1S/C19H21N3O4S/c20-17(24)19(26)22-7-2-4-14(22)13-3-1-6-21(13)18(25)11-9-15(23)12-5-8-27-16(12)10-11/h5,8-10,13-14,23H,1-4,6-7H2,(H2,20,24). The Morgan fingerprint density at radius 1 is 1.07 bits per heavy atom. The lowest BCUT2D eigenvalue weighted by molar-refractivity contribution is -0.145. The number of carbonyl (C=O) groups is 3. The number of nitrogens with two attached hydrogens (primary N) is 1. The molecule has 3 heterocycles. The van der Waals surface area contributed by atoms with E-state index < -0.39 is 11.8 Å². The fraction of sp³-hybridized carbons (Fsp3) is 0.421. The lowest BCUT2D eigenvalue weighted by Crippen LogP contribution is -2.52. The molecular formula is C19H21N3O4S. The zero-order valence-corrected chi connectivity index (χ0v) is 15.6. The molecule has 8 heteroatoms. The van der Waals surface area contributed by atoms with Gasteiger partial charge in [0.1, 0.15) is 5.75 Å². The Morgan fingerprint density at radius 3 is 2.44 bits per heavy atom.